The molecule has 0 radical (unpaired) electrons. The number of carbonyl (C=O) groups is 1. The van der Waals surface area contributed by atoms with Gasteiger partial charge in [0.1, 0.15) is 17.4 Å². The molecule has 5 heteroatoms. The second-order valence-corrected chi connectivity index (χ2v) is 8.53. The first-order chi connectivity index (χ1) is 13.0. The molecule has 1 aliphatic carbocycles. The van der Waals surface area contributed by atoms with Gasteiger partial charge in [-0.3, -0.25) is 4.79 Å². The highest BCUT2D eigenvalue weighted by Crippen LogP contribution is 2.27. The Bertz CT molecular complexity index is 745. The van der Waals surface area contributed by atoms with Crippen LogP contribution in [-0.4, -0.2) is 22.3 Å². The number of ether oxygens (including phenoxy) is 1. The van der Waals surface area contributed by atoms with Crippen molar-refractivity contribution in [2.45, 2.75) is 66.0 Å². The molecule has 0 spiro atoms. The van der Waals surface area contributed by atoms with Crippen LogP contribution in [0.2, 0.25) is 0 Å². The zero-order valence-corrected chi connectivity index (χ0v) is 17.5. The van der Waals surface area contributed by atoms with E-state index in [2.05, 4.69) is 32.2 Å². The number of aromatic nitrogens is 1. The Hall–Kier alpha value is -1.88. The molecule has 1 heterocycles. The Morgan fingerprint density at radius 1 is 1.22 bits per heavy atom. The van der Waals surface area contributed by atoms with Crippen LogP contribution in [-0.2, 0) is 17.9 Å². The van der Waals surface area contributed by atoms with Crippen LogP contribution in [0.15, 0.2) is 23.6 Å². The normalized spacial score (nSPS) is 14.5. The van der Waals surface area contributed by atoms with Gasteiger partial charge in [-0.15, -0.1) is 11.3 Å². The standard InChI is InChI=1S/C22H30N2O2S/c1-4-9-24(22(25)18-7-5-6-8-18)13-19-15-27-21(23-19)14-26-20-11-16(2)10-17(3)12-20/h10-12,15,18H,4-9,13-14H2,1-3H3. The van der Waals surface area contributed by atoms with E-state index in [9.17, 15) is 4.79 Å². The predicted molar refractivity (Wildman–Crippen MR) is 110 cm³/mol. The summed E-state index contributed by atoms with van der Waals surface area (Å²) in [4.78, 5) is 19.5. The highest BCUT2D eigenvalue weighted by Gasteiger charge is 2.27. The molecule has 0 unspecified atom stereocenters. The quantitative estimate of drug-likeness (QED) is 0.621. The molecule has 3 rings (SSSR count). The van der Waals surface area contributed by atoms with E-state index in [1.165, 1.54) is 24.0 Å². The van der Waals surface area contributed by atoms with Crippen LogP contribution in [0.5, 0.6) is 5.75 Å². The molecular weight excluding hydrogens is 356 g/mol. The molecule has 0 aliphatic heterocycles. The topological polar surface area (TPSA) is 42.4 Å². The van der Waals surface area contributed by atoms with Crippen molar-refractivity contribution in [1.29, 1.82) is 0 Å². The number of aryl methyl sites for hydroxylation is 2. The summed E-state index contributed by atoms with van der Waals surface area (Å²) in [5.41, 5.74) is 3.37. The lowest BCUT2D eigenvalue weighted by molar-refractivity contribution is -0.136. The molecule has 0 bridgehead atoms. The van der Waals surface area contributed by atoms with Gasteiger partial charge in [0.15, 0.2) is 0 Å². The highest BCUT2D eigenvalue weighted by molar-refractivity contribution is 7.09. The van der Waals surface area contributed by atoms with E-state index in [1.807, 2.05) is 17.0 Å². The molecule has 1 aromatic carbocycles. The lowest BCUT2D eigenvalue weighted by atomic mass is 10.1. The lowest BCUT2D eigenvalue weighted by Crippen LogP contribution is -2.35. The number of rotatable bonds is 8. The zero-order valence-electron chi connectivity index (χ0n) is 16.7. The van der Waals surface area contributed by atoms with Gasteiger partial charge in [0, 0.05) is 17.8 Å². The fourth-order valence-corrected chi connectivity index (χ4v) is 4.51. The van der Waals surface area contributed by atoms with Crippen LogP contribution >= 0.6 is 11.3 Å². The molecule has 1 aliphatic rings. The monoisotopic (exact) mass is 386 g/mol. The van der Waals surface area contributed by atoms with Crippen LogP contribution in [0.1, 0.15) is 60.9 Å². The first-order valence-electron chi connectivity index (χ1n) is 9.98. The summed E-state index contributed by atoms with van der Waals surface area (Å²) >= 11 is 1.61. The van der Waals surface area contributed by atoms with Crippen LogP contribution in [0.3, 0.4) is 0 Å². The Kier molecular flexibility index (Phi) is 6.89. The van der Waals surface area contributed by atoms with Gasteiger partial charge >= 0.3 is 0 Å². The molecule has 146 valence electrons. The van der Waals surface area contributed by atoms with Gasteiger partial charge in [-0.2, -0.15) is 0 Å². The van der Waals surface area contributed by atoms with Crippen molar-refractivity contribution in [3.05, 3.63) is 45.4 Å². The van der Waals surface area contributed by atoms with Crippen molar-refractivity contribution in [3.63, 3.8) is 0 Å². The number of nitrogens with zero attached hydrogens (tertiary/aromatic N) is 2. The van der Waals surface area contributed by atoms with Crippen LogP contribution < -0.4 is 4.74 Å². The van der Waals surface area contributed by atoms with E-state index >= 15 is 0 Å². The number of carbonyl (C=O) groups excluding carboxylic acids is 1. The molecule has 0 saturated heterocycles. The first kappa shape index (κ1) is 19.9. The van der Waals surface area contributed by atoms with Crippen molar-refractivity contribution >= 4 is 17.2 Å². The third-order valence-electron chi connectivity index (χ3n) is 5.02. The smallest absolute Gasteiger partial charge is 0.226 e. The van der Waals surface area contributed by atoms with E-state index in [0.717, 1.165) is 42.3 Å². The molecule has 2 aromatic rings. The fraction of sp³-hybridized carbons (Fsp3) is 0.545. The van der Waals surface area contributed by atoms with E-state index in [-0.39, 0.29) is 5.92 Å². The molecule has 1 amide bonds. The van der Waals surface area contributed by atoms with Gasteiger partial charge < -0.3 is 9.64 Å². The molecule has 1 aromatic heterocycles. The van der Waals surface area contributed by atoms with Gasteiger partial charge in [-0.25, -0.2) is 4.98 Å². The molecule has 0 N–H and O–H groups in total. The summed E-state index contributed by atoms with van der Waals surface area (Å²) in [6, 6.07) is 6.23. The van der Waals surface area contributed by atoms with Crippen molar-refractivity contribution in [1.82, 2.24) is 9.88 Å². The number of benzene rings is 1. The molecule has 1 fully saturated rings. The van der Waals surface area contributed by atoms with Crippen LogP contribution in [0.4, 0.5) is 0 Å². The molecule has 0 atom stereocenters. The average Bonchev–Trinajstić information content (AvgIpc) is 3.30. The van der Waals surface area contributed by atoms with E-state index in [1.54, 1.807) is 11.3 Å². The Morgan fingerprint density at radius 2 is 1.93 bits per heavy atom. The highest BCUT2D eigenvalue weighted by atomic mass is 32.1. The largest absolute Gasteiger partial charge is 0.486 e. The minimum absolute atomic E-state index is 0.225. The lowest BCUT2D eigenvalue weighted by Gasteiger charge is -2.24. The average molecular weight is 387 g/mol. The second kappa shape index (κ2) is 9.36. The second-order valence-electron chi connectivity index (χ2n) is 7.59. The number of thiazole rings is 1. The fourth-order valence-electron chi connectivity index (χ4n) is 3.81. The van der Waals surface area contributed by atoms with Gasteiger partial charge in [0.05, 0.1) is 12.2 Å². The van der Waals surface area contributed by atoms with E-state index in [0.29, 0.717) is 19.1 Å². The van der Waals surface area contributed by atoms with Crippen molar-refractivity contribution in [2.24, 2.45) is 5.92 Å². The molecular formula is C22H30N2O2S. The van der Waals surface area contributed by atoms with Crippen LogP contribution in [0, 0.1) is 19.8 Å². The van der Waals surface area contributed by atoms with Gasteiger partial charge in [-0.05, 0) is 56.4 Å². The van der Waals surface area contributed by atoms with E-state index < -0.39 is 0 Å². The minimum Gasteiger partial charge on any atom is -0.486 e. The summed E-state index contributed by atoms with van der Waals surface area (Å²) < 4.78 is 5.92. The van der Waals surface area contributed by atoms with Gasteiger partial charge in [0.2, 0.25) is 5.91 Å². The minimum atomic E-state index is 0.225. The van der Waals surface area contributed by atoms with Crippen molar-refractivity contribution in [2.75, 3.05) is 6.54 Å². The third-order valence-corrected chi connectivity index (χ3v) is 5.89. The molecule has 27 heavy (non-hydrogen) atoms. The van der Waals surface area contributed by atoms with Gasteiger partial charge in [0.25, 0.3) is 0 Å². The molecule has 1 saturated carbocycles. The maximum absolute atomic E-state index is 12.8. The number of hydrogen-bond acceptors (Lipinski definition) is 4. The summed E-state index contributed by atoms with van der Waals surface area (Å²) in [6.45, 7) is 8.16. The summed E-state index contributed by atoms with van der Waals surface area (Å²) in [5.74, 6) is 1.42. The Balaban J connectivity index is 1.59. The molecule has 4 nitrogen and oxygen atoms in total. The summed E-state index contributed by atoms with van der Waals surface area (Å²) in [7, 11) is 0. The number of amides is 1. The Morgan fingerprint density at radius 3 is 2.59 bits per heavy atom. The zero-order chi connectivity index (χ0) is 19.2. The third kappa shape index (κ3) is 5.55. The maximum Gasteiger partial charge on any atom is 0.226 e. The van der Waals surface area contributed by atoms with Gasteiger partial charge in [-0.1, -0.05) is 25.8 Å². The SMILES string of the molecule is CCCN(Cc1csc(COc2cc(C)cc(C)c2)n1)C(=O)C1CCCC1. The summed E-state index contributed by atoms with van der Waals surface area (Å²) in [5, 5.41) is 3.01. The van der Waals surface area contributed by atoms with Crippen molar-refractivity contribution < 1.29 is 9.53 Å². The summed E-state index contributed by atoms with van der Waals surface area (Å²) in [6.07, 6.45) is 5.45. The van der Waals surface area contributed by atoms with Crippen LogP contribution in [0.25, 0.3) is 0 Å². The maximum atomic E-state index is 12.8. The Labute approximate surface area is 166 Å². The van der Waals surface area contributed by atoms with Crippen molar-refractivity contribution in [3.8, 4) is 5.75 Å². The van der Waals surface area contributed by atoms with E-state index in [4.69, 9.17) is 9.72 Å². The first-order valence-corrected chi connectivity index (χ1v) is 10.9. The number of hydrogen-bond donors (Lipinski definition) is 0. The predicted octanol–water partition coefficient (Wildman–Crippen LogP) is 5.27.